The summed E-state index contributed by atoms with van der Waals surface area (Å²) in [5.74, 6) is 0.830. The second kappa shape index (κ2) is 4.00. The zero-order valence-corrected chi connectivity index (χ0v) is 9.71. The third-order valence-electron chi connectivity index (χ3n) is 2.77. The first-order valence-corrected chi connectivity index (χ1v) is 5.54. The lowest BCUT2D eigenvalue weighted by atomic mass is 10.00. The summed E-state index contributed by atoms with van der Waals surface area (Å²) in [6, 6.07) is 7.81. The van der Waals surface area contributed by atoms with Crippen LogP contribution in [0.3, 0.4) is 0 Å². The first-order valence-electron chi connectivity index (χ1n) is 5.54. The van der Waals surface area contributed by atoms with E-state index >= 15 is 0 Å². The van der Waals surface area contributed by atoms with E-state index in [-0.39, 0.29) is 0 Å². The molecule has 0 saturated heterocycles. The van der Waals surface area contributed by atoms with E-state index in [1.807, 2.05) is 18.2 Å². The van der Waals surface area contributed by atoms with Crippen LogP contribution in [-0.4, -0.2) is 15.0 Å². The Bertz CT molecular complexity index is 721. The van der Waals surface area contributed by atoms with E-state index in [0.717, 1.165) is 11.1 Å². The summed E-state index contributed by atoms with van der Waals surface area (Å²) in [5, 5.41) is 9.27. The van der Waals surface area contributed by atoms with E-state index in [1.54, 1.807) is 19.3 Å². The van der Waals surface area contributed by atoms with Crippen molar-refractivity contribution in [1.82, 2.24) is 15.0 Å². The number of oxazole rings is 1. The fraction of sp³-hybridized carbons (Fsp3) is 0.154. The highest BCUT2D eigenvalue weighted by Crippen LogP contribution is 2.25. The highest BCUT2D eigenvalue weighted by Gasteiger charge is 2.17. The molecule has 0 bridgehead atoms. The molecule has 0 aliphatic carbocycles. The number of nitrogens with zero attached hydrogens (tertiary/aromatic N) is 3. The number of imidazole rings is 1. The lowest BCUT2D eigenvalue weighted by Crippen LogP contribution is -2.00. The molecule has 2 aromatic heterocycles. The van der Waals surface area contributed by atoms with Crippen LogP contribution >= 0.6 is 0 Å². The molecular weight excluding hydrogens is 228 g/mol. The molecule has 1 N–H and O–H groups in total. The van der Waals surface area contributed by atoms with Crippen LogP contribution in [0.1, 0.15) is 23.2 Å². The minimum absolute atomic E-state index is 0.421. The molecule has 5 heteroatoms. The first kappa shape index (κ1) is 10.5. The number of aromatic amines is 1. The molecule has 0 saturated carbocycles. The molecule has 1 unspecified atom stereocenters. The first-order chi connectivity index (χ1) is 8.78. The molecule has 0 fully saturated rings. The van der Waals surface area contributed by atoms with Gasteiger partial charge in [-0.15, -0.1) is 0 Å². The quantitative estimate of drug-likeness (QED) is 0.744. The molecule has 3 rings (SSSR count). The molecule has 1 atom stereocenters. The second-order valence-electron chi connectivity index (χ2n) is 4.00. The molecule has 0 amide bonds. The van der Waals surface area contributed by atoms with E-state index in [9.17, 15) is 5.26 Å². The molecule has 5 nitrogen and oxygen atoms in total. The molecule has 3 aromatic rings. The Morgan fingerprint density at radius 1 is 1.44 bits per heavy atom. The number of H-pyrrole nitrogens is 1. The number of nitrogens with one attached hydrogen (secondary N) is 1. The number of hydrogen-bond donors (Lipinski definition) is 1. The third kappa shape index (κ3) is 1.64. The van der Waals surface area contributed by atoms with Crippen molar-refractivity contribution in [1.29, 1.82) is 5.26 Å². The lowest BCUT2D eigenvalue weighted by molar-refractivity contribution is 0.560. The Hall–Kier alpha value is -2.61. The van der Waals surface area contributed by atoms with Crippen LogP contribution in [0.15, 0.2) is 35.0 Å². The minimum atomic E-state index is -0.421. The maximum Gasteiger partial charge on any atom is 0.192 e. The van der Waals surface area contributed by atoms with Gasteiger partial charge in [0, 0.05) is 19.3 Å². The normalized spacial score (nSPS) is 12.4. The third-order valence-corrected chi connectivity index (χ3v) is 2.77. The molecule has 0 aliphatic rings. The second-order valence-corrected chi connectivity index (χ2v) is 4.00. The average molecular weight is 238 g/mol. The van der Waals surface area contributed by atoms with Crippen molar-refractivity contribution in [2.75, 3.05) is 0 Å². The molecule has 0 aliphatic heterocycles. The highest BCUT2D eigenvalue weighted by atomic mass is 16.3. The summed E-state index contributed by atoms with van der Waals surface area (Å²) in [4.78, 5) is 11.3. The van der Waals surface area contributed by atoms with Gasteiger partial charge in [-0.25, -0.2) is 9.97 Å². The number of nitriles is 1. The standard InChI is InChI=1S/C13H10N4O/c1-8-17-11-3-2-9(6-12(11)18-8)10(7-14)13-15-4-5-16-13/h2-6,10H,1H3,(H,15,16). The van der Waals surface area contributed by atoms with Gasteiger partial charge in [0.25, 0.3) is 0 Å². The summed E-state index contributed by atoms with van der Waals surface area (Å²) in [7, 11) is 0. The topological polar surface area (TPSA) is 78.5 Å². The number of rotatable bonds is 2. The summed E-state index contributed by atoms with van der Waals surface area (Å²) in [6.45, 7) is 1.80. The Morgan fingerprint density at radius 3 is 3.06 bits per heavy atom. The molecule has 18 heavy (non-hydrogen) atoms. The van der Waals surface area contributed by atoms with Gasteiger partial charge in [0.05, 0.1) is 6.07 Å². The minimum Gasteiger partial charge on any atom is -0.441 e. The van der Waals surface area contributed by atoms with E-state index in [1.165, 1.54) is 0 Å². The largest absolute Gasteiger partial charge is 0.441 e. The van der Waals surface area contributed by atoms with Crippen LogP contribution in [0.5, 0.6) is 0 Å². The van der Waals surface area contributed by atoms with Crippen LogP contribution < -0.4 is 0 Å². The molecule has 0 radical (unpaired) electrons. The van der Waals surface area contributed by atoms with Gasteiger partial charge in [-0.1, -0.05) is 6.07 Å². The summed E-state index contributed by atoms with van der Waals surface area (Å²) in [6.07, 6.45) is 3.34. The van der Waals surface area contributed by atoms with E-state index in [2.05, 4.69) is 21.0 Å². The fourth-order valence-corrected chi connectivity index (χ4v) is 1.96. The molecular formula is C13H10N4O. The number of aromatic nitrogens is 3. The Kier molecular flexibility index (Phi) is 2.34. The van der Waals surface area contributed by atoms with Crippen LogP contribution in [0, 0.1) is 18.3 Å². The monoisotopic (exact) mass is 238 g/mol. The maximum absolute atomic E-state index is 9.27. The summed E-state index contributed by atoms with van der Waals surface area (Å²) in [5.41, 5.74) is 2.33. The predicted octanol–water partition coefficient (Wildman–Crippen LogP) is 2.51. The Morgan fingerprint density at radius 2 is 2.33 bits per heavy atom. The lowest BCUT2D eigenvalue weighted by Gasteiger charge is -2.05. The average Bonchev–Trinajstić information content (AvgIpc) is 2.97. The van der Waals surface area contributed by atoms with Gasteiger partial charge in [-0.05, 0) is 17.7 Å². The number of aryl methyl sites for hydroxylation is 1. The van der Waals surface area contributed by atoms with Crippen LogP contribution in [-0.2, 0) is 0 Å². The SMILES string of the molecule is Cc1nc2ccc(C(C#N)c3ncc[nH]3)cc2o1. The smallest absolute Gasteiger partial charge is 0.192 e. The van der Waals surface area contributed by atoms with E-state index in [0.29, 0.717) is 17.3 Å². The van der Waals surface area contributed by atoms with Gasteiger partial charge in [-0.2, -0.15) is 5.26 Å². The van der Waals surface area contributed by atoms with Crippen molar-refractivity contribution in [3.05, 3.63) is 47.9 Å². The van der Waals surface area contributed by atoms with Crippen LogP contribution in [0.25, 0.3) is 11.1 Å². The van der Waals surface area contributed by atoms with Crippen molar-refractivity contribution in [2.45, 2.75) is 12.8 Å². The van der Waals surface area contributed by atoms with Gasteiger partial charge in [0.1, 0.15) is 17.3 Å². The van der Waals surface area contributed by atoms with Gasteiger partial charge in [0.15, 0.2) is 11.5 Å². The Labute approximate surface area is 103 Å². The van der Waals surface area contributed by atoms with Crippen LogP contribution in [0.4, 0.5) is 0 Å². The Balaban J connectivity index is 2.10. The number of fused-ring (bicyclic) bond motifs is 1. The maximum atomic E-state index is 9.27. The molecule has 2 heterocycles. The van der Waals surface area contributed by atoms with Gasteiger partial charge in [0.2, 0.25) is 0 Å². The van der Waals surface area contributed by atoms with Gasteiger partial charge in [-0.3, -0.25) is 0 Å². The molecule has 1 aromatic carbocycles. The number of hydrogen-bond acceptors (Lipinski definition) is 4. The summed E-state index contributed by atoms with van der Waals surface area (Å²) >= 11 is 0. The van der Waals surface area contributed by atoms with Crippen LogP contribution in [0.2, 0.25) is 0 Å². The van der Waals surface area contributed by atoms with Crippen molar-refractivity contribution >= 4 is 11.1 Å². The van der Waals surface area contributed by atoms with Crippen molar-refractivity contribution in [3.8, 4) is 6.07 Å². The van der Waals surface area contributed by atoms with Crippen molar-refractivity contribution < 1.29 is 4.42 Å². The zero-order chi connectivity index (χ0) is 12.5. The number of benzene rings is 1. The van der Waals surface area contributed by atoms with E-state index in [4.69, 9.17) is 4.42 Å². The van der Waals surface area contributed by atoms with Crippen molar-refractivity contribution in [3.63, 3.8) is 0 Å². The predicted molar refractivity (Wildman–Crippen MR) is 64.8 cm³/mol. The van der Waals surface area contributed by atoms with E-state index < -0.39 is 5.92 Å². The summed E-state index contributed by atoms with van der Waals surface area (Å²) < 4.78 is 5.47. The van der Waals surface area contributed by atoms with Crippen molar-refractivity contribution in [2.24, 2.45) is 0 Å². The molecule has 0 spiro atoms. The van der Waals surface area contributed by atoms with Gasteiger partial charge >= 0.3 is 0 Å². The fourth-order valence-electron chi connectivity index (χ4n) is 1.96. The molecule has 88 valence electrons. The van der Waals surface area contributed by atoms with Gasteiger partial charge < -0.3 is 9.40 Å². The highest BCUT2D eigenvalue weighted by molar-refractivity contribution is 5.73. The zero-order valence-electron chi connectivity index (χ0n) is 9.71.